The molecule has 7 heteroatoms. The number of fused-ring (bicyclic) bond motifs is 1. The van der Waals surface area contributed by atoms with Gasteiger partial charge in [0.1, 0.15) is 4.90 Å². The molecule has 0 radical (unpaired) electrons. The van der Waals surface area contributed by atoms with Gasteiger partial charge in [-0.25, -0.2) is 8.42 Å². The molecule has 0 saturated heterocycles. The summed E-state index contributed by atoms with van der Waals surface area (Å²) in [5.74, 6) is 0. The number of rotatable bonds is 2. The Kier molecular flexibility index (Phi) is 3.25. The van der Waals surface area contributed by atoms with Crippen LogP contribution in [-0.4, -0.2) is 30.0 Å². The maximum absolute atomic E-state index is 12.8. The summed E-state index contributed by atoms with van der Waals surface area (Å²) < 4.78 is 28.5. The van der Waals surface area contributed by atoms with E-state index in [2.05, 4.69) is 5.10 Å². The van der Waals surface area contributed by atoms with Gasteiger partial charge >= 0.3 is 0 Å². The zero-order chi connectivity index (χ0) is 14.3. The molecule has 0 N–H and O–H groups in total. The molecular formula is C13H15N3O2S2. The highest BCUT2D eigenvalue weighted by atomic mass is 32.2. The normalized spacial score (nSPS) is 18.9. The first kappa shape index (κ1) is 13.5. The van der Waals surface area contributed by atoms with Gasteiger partial charge in [0.05, 0.1) is 11.9 Å². The van der Waals surface area contributed by atoms with Gasteiger partial charge in [0.25, 0.3) is 10.0 Å². The molecule has 106 valence electrons. The average molecular weight is 309 g/mol. The van der Waals surface area contributed by atoms with E-state index in [0.29, 0.717) is 6.54 Å². The van der Waals surface area contributed by atoms with Gasteiger partial charge in [0.15, 0.2) is 0 Å². The van der Waals surface area contributed by atoms with E-state index in [1.807, 2.05) is 31.2 Å². The molecule has 1 aliphatic heterocycles. The summed E-state index contributed by atoms with van der Waals surface area (Å²) in [6.45, 7) is 2.51. The second kappa shape index (κ2) is 4.82. The maximum Gasteiger partial charge on any atom is 0.267 e. The fourth-order valence-electron chi connectivity index (χ4n) is 2.24. The molecule has 0 amide bonds. The van der Waals surface area contributed by atoms with Crippen molar-refractivity contribution >= 4 is 27.5 Å². The van der Waals surface area contributed by atoms with Crippen molar-refractivity contribution in [3.05, 3.63) is 36.7 Å². The lowest BCUT2D eigenvalue weighted by Gasteiger charge is -2.32. The minimum absolute atomic E-state index is 0.219. The number of thioether (sulfide) groups is 1. The van der Waals surface area contributed by atoms with Crippen LogP contribution in [0.25, 0.3) is 0 Å². The molecule has 20 heavy (non-hydrogen) atoms. The monoisotopic (exact) mass is 309 g/mol. The molecule has 0 bridgehead atoms. The van der Waals surface area contributed by atoms with Crippen molar-refractivity contribution in [2.45, 2.75) is 22.0 Å². The van der Waals surface area contributed by atoms with Crippen LogP contribution < -0.4 is 4.31 Å². The van der Waals surface area contributed by atoms with Crippen LogP contribution in [0.4, 0.5) is 5.69 Å². The van der Waals surface area contributed by atoms with Gasteiger partial charge in [0.2, 0.25) is 0 Å². The largest absolute Gasteiger partial charge is 0.274 e. The molecule has 1 aliphatic rings. The molecule has 2 heterocycles. The fourth-order valence-corrected chi connectivity index (χ4v) is 5.06. The molecule has 2 aromatic rings. The predicted molar refractivity (Wildman–Crippen MR) is 79.5 cm³/mol. The van der Waals surface area contributed by atoms with E-state index in [0.717, 1.165) is 10.6 Å². The number of nitrogens with zero attached hydrogens (tertiary/aromatic N) is 3. The molecule has 1 aromatic carbocycles. The fraction of sp³-hybridized carbons (Fsp3) is 0.308. The minimum Gasteiger partial charge on any atom is -0.274 e. The highest BCUT2D eigenvalue weighted by Crippen LogP contribution is 2.40. The molecule has 0 spiro atoms. The minimum atomic E-state index is -3.55. The second-order valence-corrected chi connectivity index (χ2v) is 8.12. The Morgan fingerprint density at radius 3 is 2.80 bits per heavy atom. The van der Waals surface area contributed by atoms with Crippen LogP contribution in [-0.2, 0) is 17.1 Å². The highest BCUT2D eigenvalue weighted by Gasteiger charge is 2.32. The number of hydrogen-bond acceptors (Lipinski definition) is 4. The van der Waals surface area contributed by atoms with Gasteiger partial charge in [-0.1, -0.05) is 19.1 Å². The van der Waals surface area contributed by atoms with E-state index in [1.54, 1.807) is 18.8 Å². The number of anilines is 1. The smallest absolute Gasteiger partial charge is 0.267 e. The third kappa shape index (κ3) is 2.20. The first-order valence-corrected chi connectivity index (χ1v) is 8.57. The molecule has 3 rings (SSSR count). The van der Waals surface area contributed by atoms with Crippen molar-refractivity contribution in [2.75, 3.05) is 10.8 Å². The molecule has 1 unspecified atom stereocenters. The number of para-hydroxylation sites is 1. The van der Waals surface area contributed by atoms with Crippen molar-refractivity contribution in [1.29, 1.82) is 0 Å². The molecule has 1 aromatic heterocycles. The summed E-state index contributed by atoms with van der Waals surface area (Å²) in [4.78, 5) is 1.23. The quantitative estimate of drug-likeness (QED) is 0.852. The molecular weight excluding hydrogens is 294 g/mol. The maximum atomic E-state index is 12.8. The standard InChI is InChI=1S/C13H15N3O2S2/c1-10-8-16(12-5-3-4-6-13(12)19-10)20(17,18)11-7-14-15(2)9-11/h3-7,9-10H,8H2,1-2H3. The first-order chi connectivity index (χ1) is 9.48. The zero-order valence-electron chi connectivity index (χ0n) is 11.2. The summed E-state index contributed by atoms with van der Waals surface area (Å²) >= 11 is 1.71. The predicted octanol–water partition coefficient (Wildman–Crippen LogP) is 2.11. The Balaban J connectivity index is 2.10. The number of benzene rings is 1. The van der Waals surface area contributed by atoms with Gasteiger partial charge in [-0.15, -0.1) is 11.8 Å². The van der Waals surface area contributed by atoms with Crippen molar-refractivity contribution in [1.82, 2.24) is 9.78 Å². The van der Waals surface area contributed by atoms with Crippen LogP contribution in [0.2, 0.25) is 0 Å². The lowest BCUT2D eigenvalue weighted by atomic mass is 10.3. The van der Waals surface area contributed by atoms with E-state index in [-0.39, 0.29) is 10.1 Å². The lowest BCUT2D eigenvalue weighted by Crippen LogP contribution is -2.38. The van der Waals surface area contributed by atoms with Crippen molar-refractivity contribution in [3.63, 3.8) is 0 Å². The highest BCUT2D eigenvalue weighted by molar-refractivity contribution is 8.00. The van der Waals surface area contributed by atoms with Crippen LogP contribution >= 0.6 is 11.8 Å². The van der Waals surface area contributed by atoms with E-state index < -0.39 is 10.0 Å². The summed E-state index contributed by atoms with van der Waals surface area (Å²) in [5.41, 5.74) is 0.749. The SMILES string of the molecule is CC1CN(S(=O)(=O)c2cnn(C)c2)c2ccccc2S1. The third-order valence-corrected chi connectivity index (χ3v) is 6.04. The Labute approximate surface area is 122 Å². The lowest BCUT2D eigenvalue weighted by molar-refractivity contribution is 0.589. The molecule has 5 nitrogen and oxygen atoms in total. The third-order valence-electron chi connectivity index (χ3n) is 3.15. The van der Waals surface area contributed by atoms with E-state index in [1.165, 1.54) is 21.4 Å². The van der Waals surface area contributed by atoms with Gasteiger partial charge in [0, 0.05) is 29.9 Å². The Bertz CT molecular complexity index is 740. The Hall–Kier alpha value is -1.47. The molecule has 0 saturated carbocycles. The molecule has 0 aliphatic carbocycles. The summed E-state index contributed by atoms with van der Waals surface area (Å²) in [7, 11) is -1.84. The topological polar surface area (TPSA) is 55.2 Å². The van der Waals surface area contributed by atoms with Crippen LogP contribution in [0.15, 0.2) is 46.5 Å². The van der Waals surface area contributed by atoms with E-state index >= 15 is 0 Å². The summed E-state index contributed by atoms with van der Waals surface area (Å²) in [6, 6.07) is 7.60. The van der Waals surface area contributed by atoms with Gasteiger partial charge < -0.3 is 0 Å². The molecule has 1 atom stereocenters. The summed E-state index contributed by atoms with van der Waals surface area (Å²) in [5, 5.41) is 4.18. The number of hydrogen-bond donors (Lipinski definition) is 0. The van der Waals surface area contributed by atoms with Gasteiger partial charge in [-0.3, -0.25) is 8.99 Å². The second-order valence-electron chi connectivity index (χ2n) is 4.78. The Morgan fingerprint density at radius 2 is 2.10 bits per heavy atom. The van der Waals surface area contributed by atoms with Gasteiger partial charge in [-0.05, 0) is 12.1 Å². The van der Waals surface area contributed by atoms with Crippen LogP contribution in [0.5, 0.6) is 0 Å². The van der Waals surface area contributed by atoms with Crippen molar-refractivity contribution in [2.24, 2.45) is 7.05 Å². The van der Waals surface area contributed by atoms with Crippen LogP contribution in [0, 0.1) is 0 Å². The Morgan fingerprint density at radius 1 is 1.35 bits per heavy atom. The van der Waals surface area contributed by atoms with E-state index in [4.69, 9.17) is 0 Å². The van der Waals surface area contributed by atoms with Gasteiger partial charge in [-0.2, -0.15) is 5.10 Å². The zero-order valence-corrected chi connectivity index (χ0v) is 12.9. The van der Waals surface area contributed by atoms with Crippen LogP contribution in [0.3, 0.4) is 0 Å². The first-order valence-electron chi connectivity index (χ1n) is 6.25. The van der Waals surface area contributed by atoms with E-state index in [9.17, 15) is 8.42 Å². The number of sulfonamides is 1. The summed E-state index contributed by atoms with van der Waals surface area (Å²) in [6.07, 6.45) is 2.93. The average Bonchev–Trinajstić information content (AvgIpc) is 2.85. The van der Waals surface area contributed by atoms with Crippen molar-refractivity contribution < 1.29 is 8.42 Å². The van der Waals surface area contributed by atoms with Crippen molar-refractivity contribution in [3.8, 4) is 0 Å². The molecule has 0 fully saturated rings. The number of aryl methyl sites for hydroxylation is 1. The number of aromatic nitrogens is 2. The van der Waals surface area contributed by atoms with Crippen LogP contribution in [0.1, 0.15) is 6.92 Å².